The molecule has 0 saturated carbocycles. The van der Waals surface area contributed by atoms with Gasteiger partial charge in [-0.15, -0.1) is 0 Å². The highest BCUT2D eigenvalue weighted by molar-refractivity contribution is 5.71. The second kappa shape index (κ2) is 4.58. The average Bonchev–Trinajstić information content (AvgIpc) is 1.99. The van der Waals surface area contributed by atoms with Crippen molar-refractivity contribution in [1.82, 2.24) is 0 Å². The predicted molar refractivity (Wildman–Crippen MR) is 48.5 cm³/mol. The lowest BCUT2D eigenvalue weighted by Crippen LogP contribution is -2.39. The Balaban J connectivity index is 3.95. The minimum absolute atomic E-state index is 0.0356. The summed E-state index contributed by atoms with van der Waals surface area (Å²) in [7, 11) is 0. The molecule has 0 aliphatic rings. The van der Waals surface area contributed by atoms with Gasteiger partial charge in [0.1, 0.15) is 0 Å². The van der Waals surface area contributed by atoms with Gasteiger partial charge in [0.15, 0.2) is 6.10 Å². The quantitative estimate of drug-likeness (QED) is 0.675. The van der Waals surface area contributed by atoms with E-state index >= 15 is 0 Å². The predicted octanol–water partition coefficient (Wildman–Crippen LogP) is 0.883. The zero-order valence-electron chi connectivity index (χ0n) is 8.57. The minimum atomic E-state index is -1.01. The molecule has 0 amide bonds. The zero-order valence-corrected chi connectivity index (χ0v) is 8.57. The zero-order chi connectivity index (χ0) is 10.6. The van der Waals surface area contributed by atoms with Crippen molar-refractivity contribution in [3.05, 3.63) is 0 Å². The smallest absolute Gasteiger partial charge is 0.332 e. The molecule has 0 radical (unpaired) electrons. The molecular weight excluding hydrogens is 172 g/mol. The van der Waals surface area contributed by atoms with Gasteiger partial charge >= 0.3 is 5.97 Å². The van der Waals surface area contributed by atoms with Crippen molar-refractivity contribution < 1.29 is 19.7 Å². The maximum atomic E-state index is 10.4. The van der Waals surface area contributed by atoms with E-state index in [0.717, 1.165) is 0 Å². The first-order valence-corrected chi connectivity index (χ1v) is 4.34. The first-order chi connectivity index (χ1) is 5.77. The van der Waals surface area contributed by atoms with Crippen LogP contribution >= 0.6 is 0 Å². The summed E-state index contributed by atoms with van der Waals surface area (Å²) in [6, 6.07) is 0. The van der Waals surface area contributed by atoms with Crippen molar-refractivity contribution in [2.75, 3.05) is 6.61 Å². The fourth-order valence-corrected chi connectivity index (χ4v) is 0.532. The van der Waals surface area contributed by atoms with Gasteiger partial charge in [-0.1, -0.05) is 13.8 Å². The van der Waals surface area contributed by atoms with Crippen LogP contribution in [-0.4, -0.2) is 34.5 Å². The van der Waals surface area contributed by atoms with Gasteiger partial charge in [0, 0.05) is 0 Å². The van der Waals surface area contributed by atoms with Gasteiger partial charge in [0.25, 0.3) is 0 Å². The van der Waals surface area contributed by atoms with Gasteiger partial charge in [-0.2, -0.15) is 0 Å². The van der Waals surface area contributed by atoms with Crippen LogP contribution in [-0.2, 0) is 9.53 Å². The number of carbonyl (C=O) groups is 1. The van der Waals surface area contributed by atoms with Gasteiger partial charge in [-0.25, -0.2) is 4.79 Å². The summed E-state index contributed by atoms with van der Waals surface area (Å²) in [5, 5.41) is 18.2. The number of ether oxygens (including phenoxy) is 1. The summed E-state index contributed by atoms with van der Waals surface area (Å²) in [6.07, 6.45) is -0.870. The Hall–Kier alpha value is -0.610. The Morgan fingerprint density at radius 3 is 2.23 bits per heavy atom. The van der Waals surface area contributed by atoms with Gasteiger partial charge in [0.2, 0.25) is 0 Å². The molecule has 0 fully saturated rings. The van der Waals surface area contributed by atoms with Crippen molar-refractivity contribution in [3.8, 4) is 0 Å². The Labute approximate surface area is 78.5 Å². The Morgan fingerprint density at radius 2 is 1.92 bits per heavy atom. The van der Waals surface area contributed by atoms with Crippen LogP contribution in [0.4, 0.5) is 0 Å². The average molecular weight is 190 g/mol. The molecule has 0 aromatic rings. The third-order valence-corrected chi connectivity index (χ3v) is 2.22. The van der Waals surface area contributed by atoms with Gasteiger partial charge in [-0.3, -0.25) is 0 Å². The van der Waals surface area contributed by atoms with Crippen molar-refractivity contribution in [2.45, 2.75) is 39.4 Å². The molecule has 13 heavy (non-hydrogen) atoms. The third-order valence-electron chi connectivity index (χ3n) is 2.22. The van der Waals surface area contributed by atoms with Crippen LogP contribution in [0.1, 0.15) is 27.7 Å². The lowest BCUT2D eigenvalue weighted by Gasteiger charge is -2.28. The highest BCUT2D eigenvalue weighted by atomic mass is 16.5. The van der Waals surface area contributed by atoms with Crippen LogP contribution in [0.3, 0.4) is 0 Å². The molecule has 78 valence electrons. The van der Waals surface area contributed by atoms with Crippen LogP contribution in [0.25, 0.3) is 0 Å². The molecule has 4 heteroatoms. The molecule has 0 aromatic heterocycles. The van der Waals surface area contributed by atoms with E-state index in [1.165, 1.54) is 6.92 Å². The maximum absolute atomic E-state index is 10.4. The molecule has 0 rings (SSSR count). The number of aliphatic carboxylic acids is 1. The monoisotopic (exact) mass is 190 g/mol. The van der Waals surface area contributed by atoms with E-state index in [1.807, 2.05) is 13.8 Å². The van der Waals surface area contributed by atoms with E-state index in [-0.39, 0.29) is 12.5 Å². The van der Waals surface area contributed by atoms with Gasteiger partial charge < -0.3 is 14.9 Å². The van der Waals surface area contributed by atoms with Crippen LogP contribution < -0.4 is 0 Å². The number of aliphatic hydroxyl groups is 1. The molecule has 0 saturated heterocycles. The first-order valence-electron chi connectivity index (χ1n) is 4.34. The fraction of sp³-hybridized carbons (Fsp3) is 0.889. The van der Waals surface area contributed by atoms with E-state index in [0.29, 0.717) is 0 Å². The normalized spacial score (nSPS) is 18.3. The molecule has 1 unspecified atom stereocenters. The summed E-state index contributed by atoms with van der Waals surface area (Å²) in [5.74, 6) is -0.979. The van der Waals surface area contributed by atoms with E-state index in [9.17, 15) is 9.90 Å². The molecule has 2 atom stereocenters. The molecule has 0 aliphatic heterocycles. The van der Waals surface area contributed by atoms with Crippen LogP contribution in [0.2, 0.25) is 0 Å². The van der Waals surface area contributed by atoms with Crippen molar-refractivity contribution in [1.29, 1.82) is 0 Å². The molecule has 0 aromatic carbocycles. The highest BCUT2D eigenvalue weighted by Crippen LogP contribution is 2.16. The number of hydrogen-bond acceptors (Lipinski definition) is 3. The van der Waals surface area contributed by atoms with Crippen LogP contribution in [0.15, 0.2) is 0 Å². The minimum Gasteiger partial charge on any atom is -0.479 e. The van der Waals surface area contributed by atoms with E-state index < -0.39 is 17.7 Å². The Bertz CT molecular complexity index is 174. The maximum Gasteiger partial charge on any atom is 0.332 e. The molecule has 0 bridgehead atoms. The standard InChI is InChI=1S/C9H18O4/c1-6(2)9(4,12)5-13-7(3)8(10)11/h6-7,12H,5H2,1-4H3,(H,10,11)/t7-,9?/m0/s1. The first kappa shape index (κ1) is 12.4. The number of carboxylic acids is 1. The summed E-state index contributed by atoms with van der Waals surface area (Å²) in [6.45, 7) is 6.83. The number of rotatable bonds is 5. The Kier molecular flexibility index (Phi) is 4.36. The largest absolute Gasteiger partial charge is 0.479 e. The van der Waals surface area contributed by atoms with E-state index in [1.54, 1.807) is 6.92 Å². The second-order valence-corrected chi connectivity index (χ2v) is 3.80. The third kappa shape index (κ3) is 4.24. The highest BCUT2D eigenvalue weighted by Gasteiger charge is 2.27. The summed E-state index contributed by atoms with van der Waals surface area (Å²) in [5.41, 5.74) is -0.969. The lowest BCUT2D eigenvalue weighted by atomic mass is 9.94. The van der Waals surface area contributed by atoms with E-state index in [4.69, 9.17) is 9.84 Å². The van der Waals surface area contributed by atoms with Crippen LogP contribution in [0, 0.1) is 5.92 Å². The summed E-state index contributed by atoms with van der Waals surface area (Å²) in [4.78, 5) is 10.4. The Morgan fingerprint density at radius 1 is 1.46 bits per heavy atom. The molecule has 0 heterocycles. The fourth-order valence-electron chi connectivity index (χ4n) is 0.532. The topological polar surface area (TPSA) is 66.8 Å². The number of hydrogen-bond donors (Lipinski definition) is 2. The summed E-state index contributed by atoms with van der Waals surface area (Å²) < 4.78 is 4.98. The molecule has 0 aliphatic carbocycles. The SMILES string of the molecule is CC(C)C(C)(O)CO[C@@H](C)C(=O)O. The van der Waals surface area contributed by atoms with Crippen molar-refractivity contribution in [3.63, 3.8) is 0 Å². The van der Waals surface area contributed by atoms with Crippen molar-refractivity contribution >= 4 is 5.97 Å². The van der Waals surface area contributed by atoms with Crippen LogP contribution in [0.5, 0.6) is 0 Å². The van der Waals surface area contributed by atoms with Gasteiger partial charge in [0.05, 0.1) is 12.2 Å². The molecular formula is C9H18O4. The van der Waals surface area contributed by atoms with Crippen molar-refractivity contribution in [2.24, 2.45) is 5.92 Å². The van der Waals surface area contributed by atoms with E-state index in [2.05, 4.69) is 0 Å². The summed E-state index contributed by atoms with van der Waals surface area (Å²) >= 11 is 0. The molecule has 0 spiro atoms. The molecule has 4 nitrogen and oxygen atoms in total. The lowest BCUT2D eigenvalue weighted by molar-refractivity contribution is -0.155. The molecule has 2 N–H and O–H groups in total. The van der Waals surface area contributed by atoms with Gasteiger partial charge in [-0.05, 0) is 19.8 Å². The second-order valence-electron chi connectivity index (χ2n) is 3.80. The number of carboxylic acid groups (broad SMARTS) is 1.